The maximum Gasteiger partial charge on any atom is 0.271 e. The molecule has 7 nitrogen and oxygen atoms in total. The summed E-state index contributed by atoms with van der Waals surface area (Å²) < 4.78 is 13.4. The quantitative estimate of drug-likeness (QED) is 0.427. The Labute approximate surface area is 203 Å². The molecule has 8 heteroatoms. The van der Waals surface area contributed by atoms with E-state index in [1.54, 1.807) is 0 Å². The largest absolute Gasteiger partial charge is 0.456 e. The predicted molar refractivity (Wildman–Crippen MR) is 132 cm³/mol. The molecule has 0 atom stereocenters. The van der Waals surface area contributed by atoms with E-state index in [4.69, 9.17) is 20.8 Å². The number of hydrogen-bond acceptors (Lipinski definition) is 5. The number of amides is 1. The van der Waals surface area contributed by atoms with Crippen molar-refractivity contribution < 1.29 is 13.9 Å². The van der Waals surface area contributed by atoms with Gasteiger partial charge in [-0.25, -0.2) is 0 Å². The Morgan fingerprint density at radius 1 is 1.12 bits per heavy atom. The van der Waals surface area contributed by atoms with E-state index in [9.17, 15) is 4.79 Å². The van der Waals surface area contributed by atoms with Crippen molar-refractivity contribution in [1.29, 1.82) is 0 Å². The van der Waals surface area contributed by atoms with Gasteiger partial charge in [-0.05, 0) is 31.2 Å². The van der Waals surface area contributed by atoms with Gasteiger partial charge in [-0.15, -0.1) is 0 Å². The van der Waals surface area contributed by atoms with Gasteiger partial charge in [0.05, 0.1) is 19.8 Å². The van der Waals surface area contributed by atoms with Gasteiger partial charge in [0.2, 0.25) is 0 Å². The van der Waals surface area contributed by atoms with Crippen LogP contribution in [0.2, 0.25) is 5.02 Å². The average Bonchev–Trinajstić information content (AvgIpc) is 3.44. The van der Waals surface area contributed by atoms with Crippen molar-refractivity contribution in [2.24, 2.45) is 0 Å². The summed E-state index contributed by atoms with van der Waals surface area (Å²) in [5, 5.41) is 9.10. The highest BCUT2D eigenvalue weighted by Crippen LogP contribution is 2.32. The average molecular weight is 479 g/mol. The fourth-order valence-electron chi connectivity index (χ4n) is 4.23. The van der Waals surface area contributed by atoms with Crippen molar-refractivity contribution >= 4 is 28.5 Å². The van der Waals surface area contributed by atoms with Gasteiger partial charge >= 0.3 is 0 Å². The molecular formula is C26H27ClN4O3. The molecule has 1 fully saturated rings. The molecule has 0 spiro atoms. The number of morpholine rings is 1. The van der Waals surface area contributed by atoms with Crippen LogP contribution in [0.15, 0.2) is 59.0 Å². The first kappa shape index (κ1) is 22.7. The number of carbonyl (C=O) groups is 1. The fraction of sp³-hybridized carbons (Fsp3) is 0.308. The number of nitrogens with one attached hydrogen (secondary N) is 1. The van der Waals surface area contributed by atoms with Gasteiger partial charge in [0, 0.05) is 53.4 Å². The van der Waals surface area contributed by atoms with Gasteiger partial charge in [-0.2, -0.15) is 5.10 Å². The molecule has 1 aliphatic heterocycles. The number of fused-ring (bicyclic) bond motifs is 1. The highest BCUT2D eigenvalue weighted by Gasteiger charge is 2.17. The second kappa shape index (κ2) is 10.0. The SMILES string of the molecule is Cc1cc(C(=O)NCCN2CCOCC2)nn1Cc1cc(Cl)cc2cc(-c3ccccc3)oc12. The van der Waals surface area contributed by atoms with E-state index in [0.717, 1.165) is 66.4 Å². The van der Waals surface area contributed by atoms with Crippen molar-refractivity contribution in [3.63, 3.8) is 0 Å². The molecular weight excluding hydrogens is 452 g/mol. The first-order valence-electron chi connectivity index (χ1n) is 11.5. The Kier molecular flexibility index (Phi) is 6.67. The summed E-state index contributed by atoms with van der Waals surface area (Å²) >= 11 is 6.41. The van der Waals surface area contributed by atoms with E-state index >= 15 is 0 Å². The first-order chi connectivity index (χ1) is 16.6. The molecule has 1 saturated heterocycles. The minimum absolute atomic E-state index is 0.171. The van der Waals surface area contributed by atoms with Gasteiger partial charge in [-0.3, -0.25) is 14.4 Å². The number of benzene rings is 2. The summed E-state index contributed by atoms with van der Waals surface area (Å²) in [7, 11) is 0. The first-order valence-corrected chi connectivity index (χ1v) is 11.8. The maximum absolute atomic E-state index is 12.7. The highest BCUT2D eigenvalue weighted by molar-refractivity contribution is 6.31. The number of ether oxygens (including phenoxy) is 1. The molecule has 0 bridgehead atoms. The number of rotatable bonds is 7. The van der Waals surface area contributed by atoms with Crippen LogP contribution in [0.4, 0.5) is 0 Å². The number of carbonyl (C=O) groups excluding carboxylic acids is 1. The van der Waals surface area contributed by atoms with E-state index < -0.39 is 0 Å². The topological polar surface area (TPSA) is 72.5 Å². The number of halogens is 1. The molecule has 0 saturated carbocycles. The zero-order valence-corrected chi connectivity index (χ0v) is 19.8. The standard InChI is InChI=1S/C26H27ClN4O3/c1-18-13-23(26(32)28-7-8-30-9-11-33-12-10-30)29-31(18)17-21-15-22(27)14-20-16-24(34-25(20)21)19-5-3-2-4-6-19/h2-6,13-16H,7-12,17H2,1H3,(H,28,32). The molecule has 4 aromatic rings. The third-order valence-electron chi connectivity index (χ3n) is 6.07. The summed E-state index contributed by atoms with van der Waals surface area (Å²) in [6.45, 7) is 7.06. The Bertz CT molecular complexity index is 1290. The lowest BCUT2D eigenvalue weighted by molar-refractivity contribution is 0.0383. The van der Waals surface area contributed by atoms with Crippen molar-refractivity contribution in [1.82, 2.24) is 20.0 Å². The molecule has 0 aliphatic carbocycles. The minimum atomic E-state index is -0.171. The van der Waals surface area contributed by atoms with Crippen molar-refractivity contribution in [2.75, 3.05) is 39.4 Å². The fourth-order valence-corrected chi connectivity index (χ4v) is 4.48. The van der Waals surface area contributed by atoms with E-state index in [2.05, 4.69) is 15.3 Å². The van der Waals surface area contributed by atoms with Crippen LogP contribution in [-0.4, -0.2) is 60.0 Å². The summed E-state index contributed by atoms with van der Waals surface area (Å²) in [6.07, 6.45) is 0. The van der Waals surface area contributed by atoms with Crippen molar-refractivity contribution in [2.45, 2.75) is 13.5 Å². The Morgan fingerprint density at radius 2 is 1.91 bits per heavy atom. The van der Waals surface area contributed by atoms with Gasteiger partial charge in [0.25, 0.3) is 5.91 Å². The molecule has 0 unspecified atom stereocenters. The van der Waals surface area contributed by atoms with E-state index in [0.29, 0.717) is 23.8 Å². The molecule has 1 N–H and O–H groups in total. The molecule has 34 heavy (non-hydrogen) atoms. The zero-order chi connectivity index (χ0) is 23.5. The summed E-state index contributed by atoms with van der Waals surface area (Å²) in [5.74, 6) is 0.618. The summed E-state index contributed by atoms with van der Waals surface area (Å²) in [5.41, 5.74) is 3.99. The lowest BCUT2D eigenvalue weighted by atomic mass is 10.1. The maximum atomic E-state index is 12.7. The predicted octanol–water partition coefficient (Wildman–Crippen LogP) is 4.37. The zero-order valence-electron chi connectivity index (χ0n) is 19.1. The number of aryl methyl sites for hydroxylation is 1. The van der Waals surface area contributed by atoms with Crippen LogP contribution in [-0.2, 0) is 11.3 Å². The molecule has 1 amide bonds. The van der Waals surface area contributed by atoms with Gasteiger partial charge in [-0.1, -0.05) is 41.9 Å². The monoisotopic (exact) mass is 478 g/mol. The van der Waals surface area contributed by atoms with Gasteiger partial charge < -0.3 is 14.5 Å². The van der Waals surface area contributed by atoms with Crippen LogP contribution in [0.25, 0.3) is 22.3 Å². The molecule has 1 aliphatic rings. The van der Waals surface area contributed by atoms with E-state index in [-0.39, 0.29) is 5.91 Å². The third-order valence-corrected chi connectivity index (χ3v) is 6.29. The van der Waals surface area contributed by atoms with E-state index in [1.165, 1.54) is 0 Å². The Balaban J connectivity index is 1.32. The second-order valence-corrected chi connectivity index (χ2v) is 8.93. The molecule has 5 rings (SSSR count). The van der Waals surface area contributed by atoms with Crippen LogP contribution >= 0.6 is 11.6 Å². The van der Waals surface area contributed by atoms with Crippen LogP contribution in [0.3, 0.4) is 0 Å². The normalized spacial score (nSPS) is 14.5. The van der Waals surface area contributed by atoms with Crippen molar-refractivity contribution in [3.8, 4) is 11.3 Å². The third kappa shape index (κ3) is 5.01. The minimum Gasteiger partial charge on any atom is -0.456 e. The van der Waals surface area contributed by atoms with Crippen LogP contribution in [0.5, 0.6) is 0 Å². The van der Waals surface area contributed by atoms with Crippen LogP contribution < -0.4 is 5.32 Å². The number of aromatic nitrogens is 2. The lowest BCUT2D eigenvalue weighted by Gasteiger charge is -2.26. The summed E-state index contributed by atoms with van der Waals surface area (Å²) in [4.78, 5) is 14.9. The summed E-state index contributed by atoms with van der Waals surface area (Å²) in [6, 6.07) is 17.6. The smallest absolute Gasteiger partial charge is 0.271 e. The number of furan rings is 1. The molecule has 176 valence electrons. The highest BCUT2D eigenvalue weighted by atomic mass is 35.5. The van der Waals surface area contributed by atoms with Gasteiger partial charge in [0.1, 0.15) is 17.0 Å². The van der Waals surface area contributed by atoms with E-state index in [1.807, 2.05) is 66.2 Å². The number of nitrogens with zero attached hydrogens (tertiary/aromatic N) is 3. The van der Waals surface area contributed by atoms with Crippen molar-refractivity contribution in [3.05, 3.63) is 76.6 Å². The van der Waals surface area contributed by atoms with Crippen LogP contribution in [0, 0.1) is 6.92 Å². The number of hydrogen-bond donors (Lipinski definition) is 1. The molecule has 2 aromatic heterocycles. The molecule has 2 aromatic carbocycles. The van der Waals surface area contributed by atoms with Gasteiger partial charge in [0.15, 0.2) is 0 Å². The molecule has 3 heterocycles. The molecule has 0 radical (unpaired) electrons. The van der Waals surface area contributed by atoms with Crippen LogP contribution in [0.1, 0.15) is 21.7 Å². The Morgan fingerprint density at radius 3 is 2.71 bits per heavy atom. The second-order valence-electron chi connectivity index (χ2n) is 8.50. The lowest BCUT2D eigenvalue weighted by Crippen LogP contribution is -2.41. The Hall–Kier alpha value is -3.13.